The zero-order valence-corrected chi connectivity index (χ0v) is 10.8. The first kappa shape index (κ1) is 11.4. The molecule has 2 N–H and O–H groups in total. The Morgan fingerprint density at radius 1 is 1.44 bits per heavy atom. The van der Waals surface area contributed by atoms with Crippen molar-refractivity contribution in [3.05, 3.63) is 34.8 Å². The normalized spacial score (nSPS) is 12.9. The molecule has 0 spiro atoms. The minimum Gasteiger partial charge on any atom is -0.430 e. The molecule has 0 saturated heterocycles. The molecular weight excluding hydrogens is 270 g/mol. The van der Waals surface area contributed by atoms with Crippen molar-refractivity contribution in [3.8, 4) is 0 Å². The second kappa shape index (κ2) is 4.51. The first-order valence-electron chi connectivity index (χ1n) is 5.14. The van der Waals surface area contributed by atoms with E-state index in [0.29, 0.717) is 22.5 Å². The number of hydrogen-bond acceptors (Lipinski definition) is 6. The van der Waals surface area contributed by atoms with Gasteiger partial charge in [-0.1, -0.05) is 0 Å². The van der Waals surface area contributed by atoms with E-state index < -0.39 is 10.8 Å². The lowest BCUT2D eigenvalue weighted by molar-refractivity contribution is 0.477. The highest BCUT2D eigenvalue weighted by Gasteiger charge is 2.14. The lowest BCUT2D eigenvalue weighted by Crippen LogP contribution is -1.94. The molecule has 0 bridgehead atoms. The van der Waals surface area contributed by atoms with E-state index >= 15 is 0 Å². The SMILES string of the molecule is Nc1ccc2nc(S(=O)Cc3cncs3)oc2c1. The Bertz CT molecular complexity index is 706. The summed E-state index contributed by atoms with van der Waals surface area (Å²) in [6.07, 6.45) is 1.70. The Morgan fingerprint density at radius 2 is 2.33 bits per heavy atom. The fourth-order valence-electron chi connectivity index (χ4n) is 1.52. The smallest absolute Gasteiger partial charge is 0.288 e. The maximum atomic E-state index is 12.1. The Kier molecular flexibility index (Phi) is 2.85. The van der Waals surface area contributed by atoms with E-state index in [2.05, 4.69) is 9.97 Å². The molecule has 92 valence electrons. The maximum Gasteiger partial charge on any atom is 0.288 e. The molecule has 2 heterocycles. The van der Waals surface area contributed by atoms with Gasteiger partial charge < -0.3 is 10.2 Å². The summed E-state index contributed by atoms with van der Waals surface area (Å²) >= 11 is 1.46. The molecule has 0 fully saturated rings. The number of anilines is 1. The van der Waals surface area contributed by atoms with E-state index in [1.165, 1.54) is 11.3 Å². The minimum atomic E-state index is -1.30. The third-order valence-corrected chi connectivity index (χ3v) is 4.44. The van der Waals surface area contributed by atoms with Crippen molar-refractivity contribution in [2.75, 3.05) is 5.73 Å². The summed E-state index contributed by atoms with van der Waals surface area (Å²) in [5, 5.41) is 0.226. The third kappa shape index (κ3) is 2.14. The molecule has 3 aromatic rings. The van der Waals surface area contributed by atoms with Gasteiger partial charge in [-0.2, -0.15) is 0 Å². The first-order chi connectivity index (χ1) is 8.72. The highest BCUT2D eigenvalue weighted by Crippen LogP contribution is 2.22. The summed E-state index contributed by atoms with van der Waals surface area (Å²) in [6, 6.07) is 5.16. The molecule has 3 rings (SSSR count). The van der Waals surface area contributed by atoms with Gasteiger partial charge in [0, 0.05) is 22.8 Å². The van der Waals surface area contributed by atoms with Gasteiger partial charge in [0.1, 0.15) is 16.3 Å². The van der Waals surface area contributed by atoms with E-state index in [0.717, 1.165) is 4.88 Å². The van der Waals surface area contributed by atoms with Gasteiger partial charge in [0.05, 0.1) is 11.3 Å². The number of hydrogen-bond donors (Lipinski definition) is 1. The molecule has 1 aromatic carbocycles. The van der Waals surface area contributed by atoms with Crippen LogP contribution in [0.4, 0.5) is 5.69 Å². The molecule has 0 amide bonds. The number of thiazole rings is 1. The highest BCUT2D eigenvalue weighted by atomic mass is 32.2. The Hall–Kier alpha value is -1.73. The fourth-order valence-corrected chi connectivity index (χ4v) is 3.33. The Balaban J connectivity index is 1.92. The average molecular weight is 279 g/mol. The van der Waals surface area contributed by atoms with Gasteiger partial charge in [-0.15, -0.1) is 11.3 Å². The van der Waals surface area contributed by atoms with Crippen LogP contribution >= 0.6 is 11.3 Å². The van der Waals surface area contributed by atoms with Crippen LogP contribution in [-0.4, -0.2) is 14.2 Å². The molecule has 1 atom stereocenters. The monoisotopic (exact) mass is 279 g/mol. The zero-order valence-electron chi connectivity index (χ0n) is 9.20. The van der Waals surface area contributed by atoms with Crippen molar-refractivity contribution in [1.29, 1.82) is 0 Å². The van der Waals surface area contributed by atoms with Crippen LogP contribution in [0.1, 0.15) is 4.88 Å². The van der Waals surface area contributed by atoms with Crippen molar-refractivity contribution < 1.29 is 8.63 Å². The number of nitrogens with zero attached hydrogens (tertiary/aromatic N) is 2. The molecule has 0 aliphatic carbocycles. The van der Waals surface area contributed by atoms with Crippen molar-refractivity contribution in [3.63, 3.8) is 0 Å². The van der Waals surface area contributed by atoms with Gasteiger partial charge in [0.2, 0.25) is 0 Å². The number of rotatable bonds is 3. The van der Waals surface area contributed by atoms with Crippen LogP contribution in [0.2, 0.25) is 0 Å². The van der Waals surface area contributed by atoms with Gasteiger partial charge in [0.15, 0.2) is 5.58 Å². The van der Waals surface area contributed by atoms with E-state index in [1.54, 1.807) is 29.9 Å². The van der Waals surface area contributed by atoms with Crippen LogP contribution in [0, 0.1) is 0 Å². The quantitative estimate of drug-likeness (QED) is 0.743. The Morgan fingerprint density at radius 3 is 3.11 bits per heavy atom. The summed E-state index contributed by atoms with van der Waals surface area (Å²) in [6.45, 7) is 0. The second-order valence-electron chi connectivity index (χ2n) is 3.66. The predicted octanol–water partition coefficient (Wildman–Crippen LogP) is 2.17. The molecule has 5 nitrogen and oxygen atoms in total. The maximum absolute atomic E-state index is 12.1. The van der Waals surface area contributed by atoms with Crippen LogP contribution in [-0.2, 0) is 16.6 Å². The molecule has 0 aliphatic heterocycles. The second-order valence-corrected chi connectivity index (χ2v) is 5.96. The number of nitrogens with two attached hydrogens (primary N) is 1. The summed E-state index contributed by atoms with van der Waals surface area (Å²) in [5.41, 5.74) is 9.17. The van der Waals surface area contributed by atoms with Gasteiger partial charge in [-0.25, -0.2) is 9.19 Å². The van der Waals surface area contributed by atoms with Crippen molar-refractivity contribution in [2.45, 2.75) is 11.0 Å². The van der Waals surface area contributed by atoms with Gasteiger partial charge in [0.25, 0.3) is 5.22 Å². The van der Waals surface area contributed by atoms with Gasteiger partial charge in [-0.05, 0) is 12.1 Å². The molecule has 18 heavy (non-hydrogen) atoms. The summed E-state index contributed by atoms with van der Waals surface area (Å²) in [4.78, 5) is 9.08. The molecule has 0 aliphatic rings. The molecule has 2 aromatic heterocycles. The van der Waals surface area contributed by atoms with E-state index in [9.17, 15) is 4.21 Å². The van der Waals surface area contributed by atoms with E-state index in [1.807, 2.05) is 0 Å². The zero-order chi connectivity index (χ0) is 12.5. The Labute approximate surface area is 109 Å². The number of oxazole rings is 1. The number of benzene rings is 1. The number of aromatic nitrogens is 2. The molecule has 7 heteroatoms. The molecular formula is C11H9N3O2S2. The minimum absolute atomic E-state index is 0.226. The van der Waals surface area contributed by atoms with Crippen LogP contribution < -0.4 is 5.73 Å². The first-order valence-corrected chi connectivity index (χ1v) is 7.34. The predicted molar refractivity (Wildman–Crippen MR) is 70.6 cm³/mol. The molecule has 1 unspecified atom stereocenters. The van der Waals surface area contributed by atoms with E-state index in [-0.39, 0.29) is 5.22 Å². The molecule has 0 radical (unpaired) electrons. The van der Waals surface area contributed by atoms with Gasteiger partial charge >= 0.3 is 0 Å². The van der Waals surface area contributed by atoms with Crippen LogP contribution in [0.15, 0.2) is 39.5 Å². The summed E-state index contributed by atoms with van der Waals surface area (Å²) < 4.78 is 17.5. The van der Waals surface area contributed by atoms with Crippen molar-refractivity contribution >= 4 is 38.9 Å². The highest BCUT2D eigenvalue weighted by molar-refractivity contribution is 7.84. The lowest BCUT2D eigenvalue weighted by Gasteiger charge is -1.92. The molecule has 0 saturated carbocycles. The summed E-state index contributed by atoms with van der Waals surface area (Å²) in [5.74, 6) is 0.368. The lowest BCUT2D eigenvalue weighted by atomic mass is 10.3. The largest absolute Gasteiger partial charge is 0.430 e. The van der Waals surface area contributed by atoms with Crippen LogP contribution in [0.25, 0.3) is 11.1 Å². The average Bonchev–Trinajstić information content (AvgIpc) is 2.96. The number of fused-ring (bicyclic) bond motifs is 1. The topological polar surface area (TPSA) is 82.0 Å². The van der Waals surface area contributed by atoms with Crippen LogP contribution in [0.5, 0.6) is 0 Å². The van der Waals surface area contributed by atoms with Crippen LogP contribution in [0.3, 0.4) is 0 Å². The van der Waals surface area contributed by atoms with Crippen molar-refractivity contribution in [1.82, 2.24) is 9.97 Å². The summed E-state index contributed by atoms with van der Waals surface area (Å²) in [7, 11) is -1.30. The van der Waals surface area contributed by atoms with E-state index in [4.69, 9.17) is 10.2 Å². The van der Waals surface area contributed by atoms with Gasteiger partial charge in [-0.3, -0.25) is 4.98 Å². The standard InChI is InChI=1S/C11H9N3O2S2/c12-7-1-2-9-10(3-7)16-11(14-9)18(15)5-8-4-13-6-17-8/h1-4,6H,5,12H2. The third-order valence-electron chi connectivity index (χ3n) is 2.34. The number of nitrogen functional groups attached to an aromatic ring is 1. The van der Waals surface area contributed by atoms with Crippen molar-refractivity contribution in [2.24, 2.45) is 0 Å². The fraction of sp³-hybridized carbons (Fsp3) is 0.0909.